The van der Waals surface area contributed by atoms with Crippen molar-refractivity contribution in [1.29, 1.82) is 0 Å². The molecule has 0 aliphatic carbocycles. The zero-order valence-corrected chi connectivity index (χ0v) is 19.8. The molecule has 0 heterocycles. The highest BCUT2D eigenvalue weighted by molar-refractivity contribution is 6.60. The topological polar surface area (TPSA) is 80.3 Å². The molecule has 1 aromatic carbocycles. The summed E-state index contributed by atoms with van der Waals surface area (Å²) in [7, 11) is -1.41. The Balaban J connectivity index is 2.51. The number of unbranched alkanes of at least 4 members (excludes halogenated alkanes) is 2. The highest BCUT2D eigenvalue weighted by atomic mass is 28.4. The Morgan fingerprint density at radius 2 is 1.65 bits per heavy atom. The van der Waals surface area contributed by atoms with Crippen LogP contribution in [-0.4, -0.2) is 47.7 Å². The molecule has 0 radical (unpaired) electrons. The smallest absolute Gasteiger partial charge is 0.466 e. The molecular formula is C22H33FO7Si. The molecule has 31 heavy (non-hydrogen) atoms. The number of carbonyl (C=O) groups excluding carboxylic acids is 2. The van der Waals surface area contributed by atoms with E-state index in [-0.39, 0.29) is 12.2 Å². The Kier molecular flexibility index (Phi) is 12.9. The summed E-state index contributed by atoms with van der Waals surface area (Å²) in [5.41, 5.74) is 0.513. The molecule has 7 nitrogen and oxygen atoms in total. The molecule has 0 atom stereocenters. The molecule has 9 heteroatoms. The molecule has 174 valence electrons. The van der Waals surface area contributed by atoms with E-state index in [1.54, 1.807) is 0 Å². The molecule has 0 aromatic heterocycles. The van der Waals surface area contributed by atoms with Crippen LogP contribution in [0.2, 0.25) is 6.04 Å². The van der Waals surface area contributed by atoms with E-state index in [9.17, 15) is 14.0 Å². The minimum Gasteiger partial charge on any atom is -0.466 e. The molecular weight excluding hydrogens is 423 g/mol. The van der Waals surface area contributed by atoms with Gasteiger partial charge in [0.1, 0.15) is 0 Å². The van der Waals surface area contributed by atoms with E-state index in [1.807, 2.05) is 20.8 Å². The van der Waals surface area contributed by atoms with Gasteiger partial charge in [0, 0.05) is 38.4 Å². The number of benzene rings is 1. The third-order valence-corrected chi connectivity index (χ3v) is 7.40. The van der Waals surface area contributed by atoms with E-state index in [0.717, 1.165) is 12.8 Å². The number of ether oxygens (including phenoxy) is 2. The SMILES string of the molecule is CCO[Si](CCCCCC(=O)Oc1cc(/C=C/C(=O)OC)ccc1F)(OCC)OCC. The van der Waals surface area contributed by atoms with E-state index in [2.05, 4.69) is 4.74 Å². The molecule has 1 rings (SSSR count). The van der Waals surface area contributed by atoms with Gasteiger partial charge in [0.2, 0.25) is 0 Å². The van der Waals surface area contributed by atoms with Crippen LogP contribution in [0.25, 0.3) is 6.08 Å². The average molecular weight is 457 g/mol. The van der Waals surface area contributed by atoms with Crippen molar-refractivity contribution in [2.45, 2.75) is 52.5 Å². The van der Waals surface area contributed by atoms with Crippen molar-refractivity contribution >= 4 is 26.8 Å². The third-order valence-electron chi connectivity index (χ3n) is 4.25. The molecule has 0 bridgehead atoms. The van der Waals surface area contributed by atoms with Crippen molar-refractivity contribution in [3.05, 3.63) is 35.7 Å². The van der Waals surface area contributed by atoms with Gasteiger partial charge in [-0.15, -0.1) is 0 Å². The Hall–Kier alpha value is -2.07. The summed E-state index contributed by atoms with van der Waals surface area (Å²) in [5.74, 6) is -1.87. The van der Waals surface area contributed by atoms with Gasteiger partial charge in [0.15, 0.2) is 11.6 Å². The Bertz CT molecular complexity index is 707. The highest BCUT2D eigenvalue weighted by Crippen LogP contribution is 2.22. The second-order valence-electron chi connectivity index (χ2n) is 6.56. The molecule has 0 N–H and O–H groups in total. The second kappa shape index (κ2) is 14.8. The van der Waals surface area contributed by atoms with E-state index >= 15 is 0 Å². The summed E-state index contributed by atoms with van der Waals surface area (Å²) in [4.78, 5) is 23.3. The minimum atomic E-state index is -2.67. The maximum Gasteiger partial charge on any atom is 0.500 e. The molecule has 0 saturated heterocycles. The predicted octanol–water partition coefficient (Wildman–Crippen LogP) is 4.53. The zero-order chi connectivity index (χ0) is 23.1. The van der Waals surface area contributed by atoms with Gasteiger partial charge in [-0.25, -0.2) is 9.18 Å². The Labute approximate surface area is 184 Å². The minimum absolute atomic E-state index is 0.161. The van der Waals surface area contributed by atoms with Crippen LogP contribution in [-0.2, 0) is 27.6 Å². The fourth-order valence-electron chi connectivity index (χ4n) is 2.90. The normalized spacial score (nSPS) is 11.6. The van der Waals surface area contributed by atoms with Gasteiger partial charge in [-0.05, 0) is 57.4 Å². The first-order chi connectivity index (χ1) is 14.9. The molecule has 0 unspecified atom stereocenters. The fraction of sp³-hybridized carbons (Fsp3) is 0.545. The van der Waals surface area contributed by atoms with Crippen LogP contribution in [0.1, 0.15) is 52.0 Å². The Morgan fingerprint density at radius 3 is 2.23 bits per heavy atom. The monoisotopic (exact) mass is 456 g/mol. The van der Waals surface area contributed by atoms with Crippen molar-refractivity contribution < 1.29 is 36.7 Å². The van der Waals surface area contributed by atoms with Crippen LogP contribution in [0.3, 0.4) is 0 Å². The van der Waals surface area contributed by atoms with Gasteiger partial charge < -0.3 is 22.8 Å². The largest absolute Gasteiger partial charge is 0.500 e. The van der Waals surface area contributed by atoms with E-state index in [1.165, 1.54) is 37.5 Å². The summed E-state index contributed by atoms with van der Waals surface area (Å²) in [6, 6.07) is 4.69. The molecule has 0 fully saturated rings. The number of carbonyl (C=O) groups is 2. The maximum absolute atomic E-state index is 14.0. The number of rotatable bonds is 15. The van der Waals surface area contributed by atoms with Gasteiger partial charge >= 0.3 is 20.7 Å². The van der Waals surface area contributed by atoms with Gasteiger partial charge in [0.25, 0.3) is 0 Å². The quantitative estimate of drug-likeness (QED) is 0.126. The molecule has 0 spiro atoms. The summed E-state index contributed by atoms with van der Waals surface area (Å²) in [5, 5.41) is 0. The third kappa shape index (κ3) is 10.2. The van der Waals surface area contributed by atoms with Crippen LogP contribution in [0, 0.1) is 5.82 Å². The number of methoxy groups -OCH3 is 1. The summed E-state index contributed by atoms with van der Waals surface area (Å²) in [6.45, 7) is 7.31. The van der Waals surface area contributed by atoms with Crippen molar-refractivity contribution in [2.24, 2.45) is 0 Å². The first-order valence-corrected chi connectivity index (χ1v) is 12.5. The predicted molar refractivity (Wildman–Crippen MR) is 117 cm³/mol. The van der Waals surface area contributed by atoms with Crippen molar-refractivity contribution in [1.82, 2.24) is 0 Å². The second-order valence-corrected chi connectivity index (χ2v) is 9.30. The van der Waals surface area contributed by atoms with Crippen LogP contribution in [0.15, 0.2) is 24.3 Å². The molecule has 1 aromatic rings. The summed E-state index contributed by atoms with van der Waals surface area (Å²) < 4.78 is 41.0. The first-order valence-electron chi connectivity index (χ1n) is 10.6. The van der Waals surface area contributed by atoms with Gasteiger partial charge in [-0.2, -0.15) is 0 Å². The molecule has 0 saturated carbocycles. The lowest BCUT2D eigenvalue weighted by Crippen LogP contribution is -2.45. The lowest BCUT2D eigenvalue weighted by molar-refractivity contribution is -0.135. The van der Waals surface area contributed by atoms with Crippen LogP contribution >= 0.6 is 0 Å². The summed E-state index contributed by atoms with van der Waals surface area (Å²) >= 11 is 0. The number of esters is 2. The van der Waals surface area contributed by atoms with Crippen molar-refractivity contribution in [2.75, 3.05) is 26.9 Å². The Morgan fingerprint density at radius 1 is 1.00 bits per heavy atom. The van der Waals surface area contributed by atoms with Gasteiger partial charge in [0.05, 0.1) is 7.11 Å². The van der Waals surface area contributed by atoms with Crippen LogP contribution in [0.5, 0.6) is 5.75 Å². The van der Waals surface area contributed by atoms with Crippen LogP contribution < -0.4 is 4.74 Å². The number of hydrogen-bond donors (Lipinski definition) is 0. The summed E-state index contributed by atoms with van der Waals surface area (Å²) in [6.07, 6.45) is 4.97. The highest BCUT2D eigenvalue weighted by Gasteiger charge is 2.39. The lowest BCUT2D eigenvalue weighted by atomic mass is 10.2. The van der Waals surface area contributed by atoms with E-state index in [0.29, 0.717) is 37.8 Å². The van der Waals surface area contributed by atoms with Crippen LogP contribution in [0.4, 0.5) is 4.39 Å². The average Bonchev–Trinajstić information content (AvgIpc) is 2.74. The number of halogens is 1. The fourth-order valence-corrected chi connectivity index (χ4v) is 5.58. The zero-order valence-electron chi connectivity index (χ0n) is 18.8. The molecule has 0 aliphatic rings. The lowest BCUT2D eigenvalue weighted by Gasteiger charge is -2.28. The van der Waals surface area contributed by atoms with E-state index < -0.39 is 26.6 Å². The van der Waals surface area contributed by atoms with Crippen molar-refractivity contribution in [3.63, 3.8) is 0 Å². The van der Waals surface area contributed by atoms with Crippen molar-refractivity contribution in [3.8, 4) is 5.75 Å². The molecule has 0 amide bonds. The van der Waals surface area contributed by atoms with Gasteiger partial charge in [-0.1, -0.05) is 12.5 Å². The van der Waals surface area contributed by atoms with E-state index in [4.69, 9.17) is 18.0 Å². The van der Waals surface area contributed by atoms with Gasteiger partial charge in [-0.3, -0.25) is 4.79 Å². The maximum atomic E-state index is 14.0. The standard InChI is InChI=1S/C22H33FO7Si/c1-5-27-31(28-6-2,29-7-3)16-10-8-9-11-22(25)30-20-17-18(12-14-19(20)23)13-15-21(24)26-4/h12-15,17H,5-11,16H2,1-4H3/b15-13+. The first kappa shape index (κ1) is 27.0. The molecule has 0 aliphatic heterocycles. The number of hydrogen-bond acceptors (Lipinski definition) is 7.